The Morgan fingerprint density at radius 2 is 2.00 bits per heavy atom. The van der Waals surface area contributed by atoms with Gasteiger partial charge in [-0.15, -0.1) is 0 Å². The van der Waals surface area contributed by atoms with E-state index in [1.165, 1.54) is 31.7 Å². The Hall–Kier alpha value is -1.09. The quantitative estimate of drug-likeness (QED) is 0.871. The number of likely N-dealkylation sites (N-methyl/N-ethyl adjacent to an activating group) is 1. The second kappa shape index (κ2) is 6.90. The van der Waals surface area contributed by atoms with Gasteiger partial charge in [0, 0.05) is 19.1 Å². The first-order valence-electron chi connectivity index (χ1n) is 7.37. The molecule has 0 saturated heterocycles. The summed E-state index contributed by atoms with van der Waals surface area (Å²) >= 11 is 0. The van der Waals surface area contributed by atoms with Gasteiger partial charge >= 0.3 is 0 Å². The van der Waals surface area contributed by atoms with Gasteiger partial charge in [0.05, 0.1) is 5.69 Å². The predicted octanol–water partition coefficient (Wildman–Crippen LogP) is 3.75. The minimum absolute atomic E-state index is 0.170. The summed E-state index contributed by atoms with van der Waals surface area (Å²) in [5, 5.41) is 3.18. The van der Waals surface area contributed by atoms with E-state index in [9.17, 15) is 4.39 Å². The third-order valence-corrected chi connectivity index (χ3v) is 4.29. The number of hydrogen-bond acceptors (Lipinski definition) is 2. The van der Waals surface area contributed by atoms with Gasteiger partial charge in [0.1, 0.15) is 5.82 Å². The first-order valence-corrected chi connectivity index (χ1v) is 7.37. The Balaban J connectivity index is 1.77. The molecule has 1 saturated carbocycles. The number of nitrogens with zero attached hydrogens (tertiary/aromatic N) is 1. The molecule has 2 unspecified atom stereocenters. The third kappa shape index (κ3) is 3.93. The van der Waals surface area contributed by atoms with Crippen molar-refractivity contribution in [3.05, 3.63) is 30.1 Å². The smallest absolute Gasteiger partial charge is 0.146 e. The maximum Gasteiger partial charge on any atom is 0.146 e. The van der Waals surface area contributed by atoms with Gasteiger partial charge in [0.25, 0.3) is 0 Å². The zero-order chi connectivity index (χ0) is 13.7. The minimum Gasteiger partial charge on any atom is -0.381 e. The summed E-state index contributed by atoms with van der Waals surface area (Å²) in [4.78, 5) is 2.43. The Morgan fingerprint density at radius 3 is 2.74 bits per heavy atom. The van der Waals surface area contributed by atoms with Gasteiger partial charge in [0.2, 0.25) is 0 Å². The van der Waals surface area contributed by atoms with Crippen LogP contribution in [-0.4, -0.2) is 31.1 Å². The van der Waals surface area contributed by atoms with E-state index in [0.29, 0.717) is 11.7 Å². The number of anilines is 1. The molecule has 3 heteroatoms. The summed E-state index contributed by atoms with van der Waals surface area (Å²) in [6.45, 7) is 4.11. The first kappa shape index (κ1) is 14.3. The van der Waals surface area contributed by atoms with E-state index in [0.717, 1.165) is 19.0 Å². The van der Waals surface area contributed by atoms with Crippen molar-refractivity contribution in [2.75, 3.05) is 25.5 Å². The summed E-state index contributed by atoms with van der Waals surface area (Å²) in [6.07, 6.45) is 5.37. The SMILES string of the molecule is CC1CCCCC1N(C)CCNc1ccccc1F. The first-order chi connectivity index (χ1) is 9.18. The van der Waals surface area contributed by atoms with Gasteiger partial charge < -0.3 is 10.2 Å². The molecule has 0 heterocycles. The number of nitrogens with one attached hydrogen (secondary N) is 1. The van der Waals surface area contributed by atoms with Crippen LogP contribution in [0.5, 0.6) is 0 Å². The lowest BCUT2D eigenvalue weighted by Gasteiger charge is -2.36. The van der Waals surface area contributed by atoms with E-state index in [4.69, 9.17) is 0 Å². The average Bonchev–Trinajstić information content (AvgIpc) is 2.41. The normalized spacial score (nSPS) is 23.6. The van der Waals surface area contributed by atoms with Crippen molar-refractivity contribution in [1.29, 1.82) is 0 Å². The summed E-state index contributed by atoms with van der Waals surface area (Å²) in [6, 6.07) is 7.55. The summed E-state index contributed by atoms with van der Waals surface area (Å²) in [5.74, 6) is 0.614. The van der Waals surface area contributed by atoms with Crippen LogP contribution >= 0.6 is 0 Å². The van der Waals surface area contributed by atoms with E-state index in [1.54, 1.807) is 12.1 Å². The largest absolute Gasteiger partial charge is 0.381 e. The second-order valence-electron chi connectivity index (χ2n) is 5.72. The van der Waals surface area contributed by atoms with Crippen molar-refractivity contribution in [2.24, 2.45) is 5.92 Å². The van der Waals surface area contributed by atoms with Gasteiger partial charge in [-0.3, -0.25) is 0 Å². The van der Waals surface area contributed by atoms with E-state index < -0.39 is 0 Å². The van der Waals surface area contributed by atoms with Crippen LogP contribution in [0.2, 0.25) is 0 Å². The van der Waals surface area contributed by atoms with Crippen molar-refractivity contribution in [3.8, 4) is 0 Å². The standard InChI is InChI=1S/C16H25FN2/c1-13-7-3-6-10-16(13)19(2)12-11-18-15-9-5-4-8-14(15)17/h4-5,8-9,13,16,18H,3,6-7,10-12H2,1-2H3. The third-order valence-electron chi connectivity index (χ3n) is 4.29. The number of rotatable bonds is 5. The Kier molecular flexibility index (Phi) is 5.20. The lowest BCUT2D eigenvalue weighted by Crippen LogP contribution is -2.41. The van der Waals surface area contributed by atoms with Crippen LogP contribution in [-0.2, 0) is 0 Å². The summed E-state index contributed by atoms with van der Waals surface area (Å²) in [7, 11) is 2.19. The molecule has 0 radical (unpaired) electrons. The zero-order valence-corrected chi connectivity index (χ0v) is 12.0. The Labute approximate surface area is 116 Å². The van der Waals surface area contributed by atoms with E-state index in [-0.39, 0.29) is 5.82 Å². The van der Waals surface area contributed by atoms with Crippen LogP contribution < -0.4 is 5.32 Å². The van der Waals surface area contributed by atoms with Crippen LogP contribution in [0.3, 0.4) is 0 Å². The van der Waals surface area contributed by atoms with Crippen LogP contribution in [0.25, 0.3) is 0 Å². The molecule has 1 aromatic carbocycles. The second-order valence-corrected chi connectivity index (χ2v) is 5.72. The molecule has 1 fully saturated rings. The maximum absolute atomic E-state index is 13.5. The zero-order valence-electron chi connectivity index (χ0n) is 12.0. The highest BCUT2D eigenvalue weighted by atomic mass is 19.1. The van der Waals surface area contributed by atoms with E-state index in [2.05, 4.69) is 24.2 Å². The fourth-order valence-electron chi connectivity index (χ4n) is 3.09. The molecule has 2 nitrogen and oxygen atoms in total. The molecule has 1 N–H and O–H groups in total. The molecule has 0 bridgehead atoms. The van der Waals surface area contributed by atoms with E-state index >= 15 is 0 Å². The molecule has 1 aliphatic rings. The van der Waals surface area contributed by atoms with Gasteiger partial charge in [0.15, 0.2) is 0 Å². The van der Waals surface area contributed by atoms with Crippen molar-refractivity contribution in [3.63, 3.8) is 0 Å². The van der Waals surface area contributed by atoms with Crippen LogP contribution in [0.1, 0.15) is 32.6 Å². The molecule has 2 atom stereocenters. The fourth-order valence-corrected chi connectivity index (χ4v) is 3.09. The summed E-state index contributed by atoms with van der Waals surface area (Å²) in [5.41, 5.74) is 0.604. The minimum atomic E-state index is -0.170. The Morgan fingerprint density at radius 1 is 1.26 bits per heavy atom. The predicted molar refractivity (Wildman–Crippen MR) is 78.9 cm³/mol. The average molecular weight is 264 g/mol. The molecule has 19 heavy (non-hydrogen) atoms. The van der Waals surface area contributed by atoms with Crippen LogP contribution in [0.4, 0.5) is 10.1 Å². The topological polar surface area (TPSA) is 15.3 Å². The molecular formula is C16H25FN2. The van der Waals surface area contributed by atoms with Gasteiger partial charge in [-0.05, 0) is 37.9 Å². The molecule has 0 spiro atoms. The number of halogens is 1. The molecule has 1 aliphatic carbocycles. The number of benzene rings is 1. The highest BCUT2D eigenvalue weighted by molar-refractivity contribution is 5.44. The molecule has 1 aromatic rings. The maximum atomic E-state index is 13.5. The molecule has 106 valence electrons. The highest BCUT2D eigenvalue weighted by Crippen LogP contribution is 2.27. The van der Waals surface area contributed by atoms with Crippen molar-refractivity contribution in [2.45, 2.75) is 38.6 Å². The van der Waals surface area contributed by atoms with Gasteiger partial charge in [-0.2, -0.15) is 0 Å². The molecule has 0 aromatic heterocycles. The van der Waals surface area contributed by atoms with Gasteiger partial charge in [-0.25, -0.2) is 4.39 Å². The lowest BCUT2D eigenvalue weighted by molar-refractivity contribution is 0.144. The van der Waals surface area contributed by atoms with Crippen LogP contribution in [0, 0.1) is 11.7 Å². The number of hydrogen-bond donors (Lipinski definition) is 1. The van der Waals surface area contributed by atoms with Crippen molar-refractivity contribution in [1.82, 2.24) is 4.90 Å². The highest BCUT2D eigenvalue weighted by Gasteiger charge is 2.24. The van der Waals surface area contributed by atoms with Crippen LogP contribution in [0.15, 0.2) is 24.3 Å². The molecular weight excluding hydrogens is 239 g/mol. The van der Waals surface area contributed by atoms with Crippen molar-refractivity contribution >= 4 is 5.69 Å². The van der Waals surface area contributed by atoms with Gasteiger partial charge in [-0.1, -0.05) is 31.9 Å². The van der Waals surface area contributed by atoms with E-state index in [1.807, 2.05) is 6.07 Å². The molecule has 0 amide bonds. The Bertz CT molecular complexity index is 394. The summed E-state index contributed by atoms with van der Waals surface area (Å²) < 4.78 is 13.5. The molecule has 2 rings (SSSR count). The lowest BCUT2D eigenvalue weighted by atomic mass is 9.85. The number of para-hydroxylation sites is 1. The molecule has 0 aliphatic heterocycles. The monoisotopic (exact) mass is 264 g/mol. The van der Waals surface area contributed by atoms with Crippen molar-refractivity contribution < 1.29 is 4.39 Å². The fraction of sp³-hybridized carbons (Fsp3) is 0.625.